The molecule has 0 saturated carbocycles. The summed E-state index contributed by atoms with van der Waals surface area (Å²) in [7, 11) is 3.15. The number of aromatic nitrogens is 4. The number of benzene rings is 2. The third-order valence-corrected chi connectivity index (χ3v) is 7.67. The van der Waals surface area contributed by atoms with Gasteiger partial charge in [-0.3, -0.25) is 9.36 Å². The second kappa shape index (κ2) is 14.3. The Morgan fingerprint density at radius 2 is 1.84 bits per heavy atom. The quantitative estimate of drug-likeness (QED) is 0.244. The van der Waals surface area contributed by atoms with Gasteiger partial charge in [0.1, 0.15) is 28.8 Å². The molecule has 4 aromatic rings. The van der Waals surface area contributed by atoms with Crippen molar-refractivity contribution in [3.05, 3.63) is 83.0 Å². The molecule has 44 heavy (non-hydrogen) atoms. The molecule has 12 nitrogen and oxygen atoms in total. The molecule has 14 heteroatoms. The average molecular weight is 640 g/mol. The van der Waals surface area contributed by atoms with Crippen molar-refractivity contribution in [3.63, 3.8) is 0 Å². The monoisotopic (exact) mass is 638 g/mol. The van der Waals surface area contributed by atoms with E-state index in [-0.39, 0.29) is 36.1 Å². The van der Waals surface area contributed by atoms with E-state index in [1.54, 1.807) is 78.8 Å². The van der Waals surface area contributed by atoms with E-state index in [0.29, 0.717) is 60.0 Å². The van der Waals surface area contributed by atoms with Crippen LogP contribution in [0.3, 0.4) is 0 Å². The van der Waals surface area contributed by atoms with Crippen molar-refractivity contribution in [2.45, 2.75) is 18.9 Å². The maximum Gasteiger partial charge on any atom is 0.321 e. The molecule has 0 radical (unpaired) electrons. The standard InChI is InChI=1S/C30H32Cl2N8O4/c1-43-23-6-4-21(5-7-23)35-30(42)38-13-14-40(27-17-26(32)36-29(37-27)39-12-11-33-19-39)22(18-38)16-28(41)34-10-9-20-3-8-25(44-2)24(31)15-20/h3-8,11-12,15,17,19,22H,9-10,13-14,16,18H2,1-2H3,(H,34,41)(H,35,42). The maximum atomic E-state index is 13.3. The SMILES string of the molecule is COc1ccc(NC(=O)N2CCN(c3cc(Cl)nc(-n4ccnc4)n3)C(CC(=O)NCCc3ccc(OC)c(Cl)c3)C2)cc1. The molecule has 2 aromatic heterocycles. The lowest BCUT2D eigenvalue weighted by Gasteiger charge is -2.42. The summed E-state index contributed by atoms with van der Waals surface area (Å²) in [5.74, 6) is 2.03. The molecule has 2 aromatic carbocycles. The highest BCUT2D eigenvalue weighted by molar-refractivity contribution is 6.32. The highest BCUT2D eigenvalue weighted by Crippen LogP contribution is 2.26. The summed E-state index contributed by atoms with van der Waals surface area (Å²) < 4.78 is 12.1. The van der Waals surface area contributed by atoms with E-state index in [4.69, 9.17) is 37.7 Å². The number of hydrogen-bond acceptors (Lipinski definition) is 8. The average Bonchev–Trinajstić information content (AvgIpc) is 3.57. The van der Waals surface area contributed by atoms with E-state index in [9.17, 15) is 9.59 Å². The van der Waals surface area contributed by atoms with Crippen LogP contribution < -0.4 is 25.0 Å². The zero-order valence-corrected chi connectivity index (χ0v) is 25.8. The minimum Gasteiger partial charge on any atom is -0.497 e. The fourth-order valence-corrected chi connectivity index (χ4v) is 5.38. The summed E-state index contributed by atoms with van der Waals surface area (Å²) in [6.45, 7) is 1.53. The predicted octanol–water partition coefficient (Wildman–Crippen LogP) is 4.46. The first-order chi connectivity index (χ1) is 21.3. The second-order valence-electron chi connectivity index (χ2n) is 10.0. The molecule has 3 amide bonds. The first-order valence-corrected chi connectivity index (χ1v) is 14.7. The van der Waals surface area contributed by atoms with Crippen molar-refractivity contribution >= 4 is 46.6 Å². The molecular weight excluding hydrogens is 607 g/mol. The number of anilines is 2. The number of carbonyl (C=O) groups is 2. The molecule has 1 aliphatic rings. The number of imidazole rings is 1. The number of methoxy groups -OCH3 is 2. The van der Waals surface area contributed by atoms with Gasteiger partial charge in [0.15, 0.2) is 0 Å². The van der Waals surface area contributed by atoms with Crippen LogP contribution >= 0.6 is 23.2 Å². The fraction of sp³-hybridized carbons (Fsp3) is 0.300. The van der Waals surface area contributed by atoms with Crippen molar-refractivity contribution in [2.24, 2.45) is 0 Å². The zero-order chi connectivity index (χ0) is 31.1. The van der Waals surface area contributed by atoms with Gasteiger partial charge in [-0.1, -0.05) is 29.3 Å². The summed E-state index contributed by atoms with van der Waals surface area (Å²) in [5, 5.41) is 6.69. The van der Waals surface area contributed by atoms with Gasteiger partial charge in [0, 0.05) is 56.7 Å². The Hall–Kier alpha value is -4.55. The maximum absolute atomic E-state index is 13.3. The van der Waals surface area contributed by atoms with Gasteiger partial charge in [-0.2, -0.15) is 4.98 Å². The Labute approximate surface area is 264 Å². The normalized spacial score (nSPS) is 14.7. The molecule has 1 atom stereocenters. The number of carbonyl (C=O) groups excluding carboxylic acids is 2. The third kappa shape index (κ3) is 7.69. The molecule has 0 spiro atoms. The van der Waals surface area contributed by atoms with Gasteiger partial charge in [-0.15, -0.1) is 0 Å². The van der Waals surface area contributed by atoms with Gasteiger partial charge < -0.3 is 29.9 Å². The lowest BCUT2D eigenvalue weighted by molar-refractivity contribution is -0.121. The number of amides is 3. The Bertz CT molecular complexity index is 1590. The summed E-state index contributed by atoms with van der Waals surface area (Å²) in [6.07, 6.45) is 5.64. The number of ether oxygens (including phenoxy) is 2. The lowest BCUT2D eigenvalue weighted by atomic mass is 10.1. The summed E-state index contributed by atoms with van der Waals surface area (Å²) >= 11 is 12.6. The van der Waals surface area contributed by atoms with Crippen LogP contribution in [-0.2, 0) is 11.2 Å². The van der Waals surface area contributed by atoms with E-state index < -0.39 is 0 Å². The zero-order valence-electron chi connectivity index (χ0n) is 24.2. The van der Waals surface area contributed by atoms with Crippen LogP contribution in [0.25, 0.3) is 5.95 Å². The minimum atomic E-state index is -0.387. The van der Waals surface area contributed by atoms with Crippen LogP contribution in [0.1, 0.15) is 12.0 Å². The molecule has 0 bridgehead atoms. The van der Waals surface area contributed by atoms with Crippen LogP contribution in [0.15, 0.2) is 67.3 Å². The predicted molar refractivity (Wildman–Crippen MR) is 168 cm³/mol. The summed E-state index contributed by atoms with van der Waals surface area (Å²) in [4.78, 5) is 43.2. The minimum absolute atomic E-state index is 0.123. The van der Waals surface area contributed by atoms with E-state index in [0.717, 1.165) is 5.56 Å². The molecule has 5 rings (SSSR count). The number of nitrogens with one attached hydrogen (secondary N) is 2. The van der Waals surface area contributed by atoms with Crippen molar-refractivity contribution < 1.29 is 19.1 Å². The number of piperazine rings is 1. The molecule has 0 aliphatic carbocycles. The Balaban J connectivity index is 1.29. The molecule has 3 heterocycles. The van der Waals surface area contributed by atoms with Gasteiger partial charge in [0.05, 0.1) is 25.3 Å². The Kier molecular flexibility index (Phi) is 10.0. The lowest BCUT2D eigenvalue weighted by Crippen LogP contribution is -2.57. The first kappa shape index (κ1) is 30.9. The molecule has 230 valence electrons. The van der Waals surface area contributed by atoms with Gasteiger partial charge >= 0.3 is 6.03 Å². The summed E-state index contributed by atoms with van der Waals surface area (Å²) in [5.41, 5.74) is 1.61. The molecule has 1 unspecified atom stereocenters. The van der Waals surface area contributed by atoms with Gasteiger partial charge in [-0.25, -0.2) is 14.8 Å². The van der Waals surface area contributed by atoms with Crippen molar-refractivity contribution in [3.8, 4) is 17.4 Å². The number of nitrogens with zero attached hydrogens (tertiary/aromatic N) is 6. The highest BCUT2D eigenvalue weighted by Gasteiger charge is 2.32. The molecule has 1 fully saturated rings. The molecular formula is C30H32Cl2N8O4. The van der Waals surface area contributed by atoms with Crippen LogP contribution in [-0.4, -0.2) is 82.8 Å². The number of hydrogen-bond donors (Lipinski definition) is 2. The van der Waals surface area contributed by atoms with Crippen LogP contribution in [0.4, 0.5) is 16.3 Å². The van der Waals surface area contributed by atoms with Gasteiger partial charge in [-0.05, 0) is 48.4 Å². The second-order valence-corrected chi connectivity index (χ2v) is 10.8. The van der Waals surface area contributed by atoms with E-state index in [1.165, 1.54) is 0 Å². The van der Waals surface area contributed by atoms with Gasteiger partial charge in [0.25, 0.3) is 0 Å². The van der Waals surface area contributed by atoms with Crippen molar-refractivity contribution in [1.82, 2.24) is 29.7 Å². The fourth-order valence-electron chi connectivity index (χ4n) is 4.92. The van der Waals surface area contributed by atoms with Gasteiger partial charge in [0.2, 0.25) is 11.9 Å². The molecule has 1 saturated heterocycles. The first-order valence-electron chi connectivity index (χ1n) is 13.9. The largest absolute Gasteiger partial charge is 0.497 e. The number of rotatable bonds is 10. The third-order valence-electron chi connectivity index (χ3n) is 7.18. The van der Waals surface area contributed by atoms with Crippen molar-refractivity contribution in [1.29, 1.82) is 0 Å². The molecule has 2 N–H and O–H groups in total. The van der Waals surface area contributed by atoms with Crippen LogP contribution in [0, 0.1) is 0 Å². The van der Waals surface area contributed by atoms with Crippen LogP contribution in [0.5, 0.6) is 11.5 Å². The van der Waals surface area contributed by atoms with Crippen LogP contribution in [0.2, 0.25) is 10.2 Å². The van der Waals surface area contributed by atoms with Crippen molar-refractivity contribution in [2.75, 3.05) is 50.6 Å². The highest BCUT2D eigenvalue weighted by atomic mass is 35.5. The van der Waals surface area contributed by atoms with E-state index >= 15 is 0 Å². The molecule has 1 aliphatic heterocycles. The summed E-state index contributed by atoms with van der Waals surface area (Å²) in [6, 6.07) is 13.6. The number of urea groups is 1. The van der Waals surface area contributed by atoms with E-state index in [1.807, 2.05) is 17.0 Å². The number of halogens is 2. The Morgan fingerprint density at radius 3 is 2.55 bits per heavy atom. The smallest absolute Gasteiger partial charge is 0.321 e. The van der Waals surface area contributed by atoms with E-state index in [2.05, 4.69) is 20.6 Å². The Morgan fingerprint density at radius 1 is 1.02 bits per heavy atom. The topological polar surface area (TPSA) is 127 Å².